The summed E-state index contributed by atoms with van der Waals surface area (Å²) in [5, 5.41) is 5.76. The molecule has 0 spiro atoms. The van der Waals surface area contributed by atoms with Gasteiger partial charge >= 0.3 is 0 Å². The molecule has 2 aliphatic rings. The van der Waals surface area contributed by atoms with Crippen molar-refractivity contribution >= 4 is 23.6 Å². The number of carbonyl (C=O) groups excluding carboxylic acids is 2. The summed E-state index contributed by atoms with van der Waals surface area (Å²) in [6.07, 6.45) is 5.10. The van der Waals surface area contributed by atoms with E-state index >= 15 is 0 Å². The van der Waals surface area contributed by atoms with Gasteiger partial charge in [0.2, 0.25) is 0 Å². The van der Waals surface area contributed by atoms with Crippen molar-refractivity contribution in [2.24, 2.45) is 0 Å². The minimum Gasteiger partial charge on any atom is -0.496 e. The Bertz CT molecular complexity index is 996. The zero-order valence-electron chi connectivity index (χ0n) is 17.6. The second-order valence-corrected chi connectivity index (χ2v) is 7.68. The number of ether oxygens (including phenoxy) is 2. The lowest BCUT2D eigenvalue weighted by Gasteiger charge is -2.21. The van der Waals surface area contributed by atoms with Gasteiger partial charge < -0.3 is 25.0 Å². The molecule has 2 heterocycles. The van der Waals surface area contributed by atoms with Crippen LogP contribution in [-0.2, 0) is 4.79 Å². The third-order valence-electron chi connectivity index (χ3n) is 5.49. The van der Waals surface area contributed by atoms with E-state index in [9.17, 15) is 9.59 Å². The Morgan fingerprint density at radius 1 is 1.23 bits per heavy atom. The van der Waals surface area contributed by atoms with Gasteiger partial charge in [0, 0.05) is 17.7 Å². The molecule has 1 fully saturated rings. The summed E-state index contributed by atoms with van der Waals surface area (Å²) in [5.74, 6) is 0.770. The van der Waals surface area contributed by atoms with E-state index in [2.05, 4.69) is 15.5 Å². The summed E-state index contributed by atoms with van der Waals surface area (Å²) in [4.78, 5) is 27.4. The molecule has 4 rings (SSSR count). The maximum Gasteiger partial charge on any atom is 0.291 e. The largest absolute Gasteiger partial charge is 0.496 e. The molecule has 0 atom stereocenters. The predicted octanol–water partition coefficient (Wildman–Crippen LogP) is 3.28. The Labute approximate surface area is 182 Å². The third-order valence-corrected chi connectivity index (χ3v) is 5.49. The smallest absolute Gasteiger partial charge is 0.291 e. The van der Waals surface area contributed by atoms with Gasteiger partial charge in [-0.1, -0.05) is 18.2 Å². The summed E-state index contributed by atoms with van der Waals surface area (Å²) < 4.78 is 11.1. The van der Waals surface area contributed by atoms with E-state index in [-0.39, 0.29) is 17.6 Å². The summed E-state index contributed by atoms with van der Waals surface area (Å²) >= 11 is 0. The van der Waals surface area contributed by atoms with Crippen LogP contribution in [0.15, 0.2) is 48.2 Å². The van der Waals surface area contributed by atoms with Crippen LogP contribution in [0.2, 0.25) is 0 Å². The van der Waals surface area contributed by atoms with Crippen molar-refractivity contribution < 1.29 is 19.1 Å². The number of anilines is 1. The molecular formula is C24H27N3O4. The molecule has 2 amide bonds. The van der Waals surface area contributed by atoms with Crippen LogP contribution < -0.4 is 20.1 Å². The van der Waals surface area contributed by atoms with Crippen LogP contribution >= 0.6 is 0 Å². The number of benzene rings is 2. The SMILES string of the molecule is COc1ccccc1/C=C1\Oc2ccc(C(=O)NCCCN3CCCC3)cc2NC1=O. The van der Waals surface area contributed by atoms with Crippen molar-refractivity contribution in [2.45, 2.75) is 19.3 Å². The van der Waals surface area contributed by atoms with E-state index in [1.54, 1.807) is 31.4 Å². The molecule has 0 radical (unpaired) electrons. The van der Waals surface area contributed by atoms with Crippen LogP contribution in [0.25, 0.3) is 6.08 Å². The molecule has 0 saturated carbocycles. The molecule has 162 valence electrons. The standard InChI is InChI=1S/C24H27N3O4/c1-30-20-8-3-2-7-17(20)16-22-24(29)26-19-15-18(9-10-21(19)31-22)23(28)25-11-6-14-27-12-4-5-13-27/h2-3,7-10,15-16H,4-6,11-14H2,1H3,(H,25,28)(H,26,29)/b22-16-. The van der Waals surface area contributed by atoms with Crippen LogP contribution in [0.5, 0.6) is 11.5 Å². The highest BCUT2D eigenvalue weighted by atomic mass is 16.5. The third kappa shape index (κ3) is 5.06. The summed E-state index contributed by atoms with van der Waals surface area (Å²) in [7, 11) is 1.58. The van der Waals surface area contributed by atoms with E-state index in [1.165, 1.54) is 12.8 Å². The van der Waals surface area contributed by atoms with E-state index in [0.29, 0.717) is 29.3 Å². The average molecular weight is 421 g/mol. The van der Waals surface area contributed by atoms with E-state index in [4.69, 9.17) is 9.47 Å². The summed E-state index contributed by atoms with van der Waals surface area (Å²) in [6.45, 7) is 3.95. The van der Waals surface area contributed by atoms with Crippen LogP contribution in [0, 0.1) is 0 Å². The monoisotopic (exact) mass is 421 g/mol. The fourth-order valence-corrected chi connectivity index (χ4v) is 3.84. The second-order valence-electron chi connectivity index (χ2n) is 7.68. The fraction of sp³-hybridized carbons (Fsp3) is 0.333. The van der Waals surface area contributed by atoms with Crippen LogP contribution in [0.4, 0.5) is 5.69 Å². The first-order valence-corrected chi connectivity index (χ1v) is 10.6. The van der Waals surface area contributed by atoms with Crippen molar-refractivity contribution in [1.82, 2.24) is 10.2 Å². The number of carbonyl (C=O) groups is 2. The molecule has 0 bridgehead atoms. The Morgan fingerprint density at radius 3 is 2.84 bits per heavy atom. The maximum absolute atomic E-state index is 12.5. The Hall–Kier alpha value is -3.32. The van der Waals surface area contributed by atoms with Crippen molar-refractivity contribution in [3.63, 3.8) is 0 Å². The number of hydrogen-bond donors (Lipinski definition) is 2. The molecule has 2 aromatic carbocycles. The number of likely N-dealkylation sites (tertiary alicyclic amines) is 1. The highest BCUT2D eigenvalue weighted by Gasteiger charge is 2.23. The van der Waals surface area contributed by atoms with Gasteiger partial charge in [-0.05, 0) is 69.2 Å². The Kier molecular flexibility index (Phi) is 6.52. The van der Waals surface area contributed by atoms with Crippen LogP contribution in [0.1, 0.15) is 35.2 Å². The fourth-order valence-electron chi connectivity index (χ4n) is 3.84. The number of nitrogens with one attached hydrogen (secondary N) is 2. The van der Waals surface area contributed by atoms with E-state index in [0.717, 1.165) is 31.6 Å². The molecule has 2 aliphatic heterocycles. The molecular weight excluding hydrogens is 394 g/mol. The lowest BCUT2D eigenvalue weighted by Crippen LogP contribution is -2.29. The number of methoxy groups -OCH3 is 1. The Morgan fingerprint density at radius 2 is 2.03 bits per heavy atom. The van der Waals surface area contributed by atoms with Gasteiger partial charge in [-0.15, -0.1) is 0 Å². The molecule has 7 heteroatoms. The molecule has 0 aromatic heterocycles. The van der Waals surface area contributed by atoms with Crippen molar-refractivity contribution in [3.05, 3.63) is 59.4 Å². The Balaban J connectivity index is 1.39. The molecule has 0 aliphatic carbocycles. The molecule has 2 N–H and O–H groups in total. The van der Waals surface area contributed by atoms with Crippen LogP contribution in [0.3, 0.4) is 0 Å². The summed E-state index contributed by atoms with van der Waals surface area (Å²) in [5.41, 5.74) is 1.71. The highest BCUT2D eigenvalue weighted by Crippen LogP contribution is 2.33. The van der Waals surface area contributed by atoms with Gasteiger partial charge in [0.15, 0.2) is 11.5 Å². The average Bonchev–Trinajstić information content (AvgIpc) is 3.30. The normalized spacial score (nSPS) is 17.1. The number of rotatable bonds is 7. The lowest BCUT2D eigenvalue weighted by atomic mass is 10.1. The lowest BCUT2D eigenvalue weighted by molar-refractivity contribution is -0.115. The summed E-state index contributed by atoms with van der Waals surface area (Å²) in [6, 6.07) is 12.4. The van der Waals surface area contributed by atoms with Crippen LogP contribution in [-0.4, -0.2) is 50.0 Å². The number of amides is 2. The second kappa shape index (κ2) is 9.66. The number of para-hydroxylation sites is 1. The zero-order chi connectivity index (χ0) is 21.6. The quantitative estimate of drug-likeness (QED) is 0.530. The maximum atomic E-state index is 12.5. The van der Waals surface area contributed by atoms with Gasteiger partial charge in [-0.25, -0.2) is 0 Å². The van der Waals surface area contributed by atoms with Crippen molar-refractivity contribution in [1.29, 1.82) is 0 Å². The van der Waals surface area contributed by atoms with Crippen molar-refractivity contribution in [2.75, 3.05) is 38.6 Å². The van der Waals surface area contributed by atoms with Crippen molar-refractivity contribution in [3.8, 4) is 11.5 Å². The number of hydrogen-bond acceptors (Lipinski definition) is 5. The first-order chi connectivity index (χ1) is 15.1. The topological polar surface area (TPSA) is 79.9 Å². The first kappa shape index (κ1) is 20.9. The van der Waals surface area contributed by atoms with E-state index < -0.39 is 0 Å². The van der Waals surface area contributed by atoms with Gasteiger partial charge in [0.1, 0.15) is 5.75 Å². The highest BCUT2D eigenvalue weighted by molar-refractivity contribution is 6.09. The molecule has 1 saturated heterocycles. The number of nitrogens with zero attached hydrogens (tertiary/aromatic N) is 1. The minimum atomic E-state index is -0.374. The predicted molar refractivity (Wildman–Crippen MR) is 119 cm³/mol. The number of fused-ring (bicyclic) bond motifs is 1. The first-order valence-electron chi connectivity index (χ1n) is 10.6. The van der Waals surface area contributed by atoms with Gasteiger partial charge in [0.05, 0.1) is 12.8 Å². The molecule has 31 heavy (non-hydrogen) atoms. The molecule has 2 aromatic rings. The zero-order valence-corrected chi connectivity index (χ0v) is 17.6. The minimum absolute atomic E-state index is 0.158. The molecule has 7 nitrogen and oxygen atoms in total. The van der Waals surface area contributed by atoms with E-state index in [1.807, 2.05) is 24.3 Å². The van der Waals surface area contributed by atoms with Gasteiger partial charge in [0.25, 0.3) is 11.8 Å². The van der Waals surface area contributed by atoms with Gasteiger partial charge in [-0.2, -0.15) is 0 Å². The van der Waals surface area contributed by atoms with Gasteiger partial charge in [-0.3, -0.25) is 9.59 Å². The molecule has 0 unspecified atom stereocenters.